The fraction of sp³-hybridized carbons (Fsp3) is 0.739. The first-order chi connectivity index (χ1) is 18.6. The van der Waals surface area contributed by atoms with Crippen LogP contribution in [0.2, 0.25) is 0 Å². The van der Waals surface area contributed by atoms with Gasteiger partial charge >= 0.3 is 23.9 Å². The van der Waals surface area contributed by atoms with Crippen molar-refractivity contribution in [2.75, 3.05) is 60.3 Å². The van der Waals surface area contributed by atoms with Gasteiger partial charge in [-0.15, -0.1) is 0 Å². The number of carbonyl (C=O) groups excluding carboxylic acids is 4. The van der Waals surface area contributed by atoms with Crippen molar-refractivity contribution in [3.8, 4) is 0 Å². The van der Waals surface area contributed by atoms with Crippen LogP contribution >= 0.6 is 0 Å². The van der Waals surface area contributed by atoms with Crippen LogP contribution in [0.1, 0.15) is 38.5 Å². The van der Waals surface area contributed by atoms with E-state index in [0.29, 0.717) is 38.8 Å². The molecule has 0 saturated heterocycles. The third-order valence-electron chi connectivity index (χ3n) is 5.27. The number of nitrogens with zero attached hydrogens (tertiary/aromatic N) is 2. The highest BCUT2D eigenvalue weighted by molar-refractivity contribution is 5.77. The molecule has 0 aromatic heterocycles. The fourth-order valence-corrected chi connectivity index (χ4v) is 3.35. The van der Waals surface area contributed by atoms with Crippen LogP contribution in [0.3, 0.4) is 0 Å². The summed E-state index contributed by atoms with van der Waals surface area (Å²) in [4.78, 5) is 68.0. The first kappa shape index (κ1) is 37.8. The highest BCUT2D eigenvalue weighted by Crippen LogP contribution is 2.11. The molecule has 0 aromatic rings. The van der Waals surface area contributed by atoms with Gasteiger partial charge < -0.3 is 40.6 Å². The fourth-order valence-electron chi connectivity index (χ4n) is 3.35. The molecular weight excluding hydrogens is 524 g/mol. The summed E-state index contributed by atoms with van der Waals surface area (Å²) < 4.78 is 18.4. The van der Waals surface area contributed by atoms with Crippen LogP contribution in [-0.4, -0.2) is 129 Å². The molecule has 0 amide bonds. The van der Waals surface area contributed by atoms with E-state index in [2.05, 4.69) is 14.2 Å². The average Bonchev–Trinajstić information content (AvgIpc) is 2.90. The molecule has 0 radical (unpaired) electrons. The van der Waals surface area contributed by atoms with Gasteiger partial charge in [0, 0.05) is 6.54 Å². The first-order valence-electron chi connectivity index (χ1n) is 12.2. The summed E-state index contributed by atoms with van der Waals surface area (Å²) in [6, 6.07) is -1.61. The van der Waals surface area contributed by atoms with Crippen molar-refractivity contribution >= 4 is 36.8 Å². The number of hydrogen-bond acceptors (Lipinski definition) is 14. The van der Waals surface area contributed by atoms with Crippen LogP contribution in [-0.2, 0) is 47.7 Å². The van der Waals surface area contributed by atoms with Crippen molar-refractivity contribution in [1.29, 1.82) is 0 Å². The summed E-state index contributed by atoms with van der Waals surface area (Å²) >= 11 is 0. The number of ether oxygens (including phenoxy) is 4. The Kier molecular flexibility index (Phi) is 24.2. The molecule has 0 aliphatic rings. The minimum Gasteiger partial charge on any atom is -0.480 e. The molecule has 0 heterocycles. The molecule has 39 heavy (non-hydrogen) atoms. The highest BCUT2D eigenvalue weighted by Gasteiger charge is 2.29. The molecule has 16 nitrogen and oxygen atoms in total. The molecule has 0 fully saturated rings. The average molecular weight is 567 g/mol. The number of aliphatic carboxylic acids is 2. The maximum atomic E-state index is 11.9. The van der Waals surface area contributed by atoms with Gasteiger partial charge in [0.2, 0.25) is 0 Å². The van der Waals surface area contributed by atoms with Gasteiger partial charge in [-0.2, -0.15) is 0 Å². The molecule has 0 rings (SSSR count). The second-order valence-corrected chi connectivity index (χ2v) is 8.01. The van der Waals surface area contributed by atoms with E-state index in [9.17, 15) is 28.8 Å². The van der Waals surface area contributed by atoms with E-state index in [0.717, 1.165) is 17.7 Å². The Labute approximate surface area is 227 Å². The van der Waals surface area contributed by atoms with Gasteiger partial charge in [-0.25, -0.2) is 4.90 Å². The van der Waals surface area contributed by atoms with Crippen LogP contribution in [0.5, 0.6) is 0 Å². The predicted molar refractivity (Wildman–Crippen MR) is 135 cm³/mol. The quantitative estimate of drug-likeness (QED) is 0.0357. The Hall–Kier alpha value is -3.34. The molecule has 0 bridgehead atoms. The normalized spacial score (nSPS) is 11.9. The van der Waals surface area contributed by atoms with Crippen LogP contribution in [0.25, 0.3) is 0 Å². The Morgan fingerprint density at radius 3 is 1.79 bits per heavy atom. The largest absolute Gasteiger partial charge is 0.480 e. The predicted octanol–water partition coefficient (Wildman–Crippen LogP) is -1.61. The van der Waals surface area contributed by atoms with Gasteiger partial charge in [0.1, 0.15) is 32.0 Å². The number of carbonyl (C=O) groups is 6. The number of unbranched alkanes of at least 4 members (excludes halogenated alkanes) is 2. The standard InChI is InChI=1S/C13H24N2O6.C10H18N2O6/c1-19-12(17)9-15(7-8-21-10-16)11(13(18)20-2)5-3-4-6-14;11-4-2-1-3-8(10(16)17)12(5-9(14)15)6-18-7-13/h10-11H,3-9,14H2,1-2H3;7-8H,1-6,11H2,(H,14,15)(H,16,17). The maximum Gasteiger partial charge on any atom is 0.323 e. The summed E-state index contributed by atoms with van der Waals surface area (Å²) in [6.07, 6.45) is 3.46. The Bertz CT molecular complexity index is 725. The van der Waals surface area contributed by atoms with Crippen molar-refractivity contribution in [3.05, 3.63) is 0 Å². The molecule has 0 aliphatic carbocycles. The minimum atomic E-state index is -1.19. The van der Waals surface area contributed by atoms with Crippen molar-refractivity contribution in [2.45, 2.75) is 50.6 Å². The second-order valence-electron chi connectivity index (χ2n) is 8.01. The molecule has 0 spiro atoms. The van der Waals surface area contributed by atoms with E-state index in [1.165, 1.54) is 14.2 Å². The van der Waals surface area contributed by atoms with Crippen LogP contribution in [0.4, 0.5) is 0 Å². The number of methoxy groups -OCH3 is 2. The van der Waals surface area contributed by atoms with Crippen LogP contribution < -0.4 is 11.5 Å². The van der Waals surface area contributed by atoms with Crippen molar-refractivity contribution in [1.82, 2.24) is 9.80 Å². The lowest BCUT2D eigenvalue weighted by Gasteiger charge is -2.28. The zero-order chi connectivity index (χ0) is 30.1. The molecule has 226 valence electrons. The topological polar surface area (TPSA) is 238 Å². The van der Waals surface area contributed by atoms with Crippen LogP contribution in [0, 0.1) is 0 Å². The number of hydrogen-bond donors (Lipinski definition) is 4. The maximum absolute atomic E-state index is 11.9. The monoisotopic (exact) mass is 566 g/mol. The lowest BCUT2D eigenvalue weighted by atomic mass is 10.1. The molecular formula is C23H42N4O12. The Morgan fingerprint density at radius 2 is 1.36 bits per heavy atom. The van der Waals surface area contributed by atoms with E-state index in [1.807, 2.05) is 0 Å². The van der Waals surface area contributed by atoms with E-state index in [-0.39, 0.29) is 39.3 Å². The summed E-state index contributed by atoms with van der Waals surface area (Å²) in [6.45, 7) is 0.784. The van der Waals surface area contributed by atoms with Crippen molar-refractivity contribution < 1.29 is 57.9 Å². The lowest BCUT2D eigenvalue weighted by molar-refractivity contribution is -0.154. The van der Waals surface area contributed by atoms with Gasteiger partial charge in [0.05, 0.1) is 20.8 Å². The highest BCUT2D eigenvalue weighted by atomic mass is 16.5. The molecule has 2 atom stereocenters. The number of rotatable bonds is 23. The van der Waals surface area contributed by atoms with E-state index in [4.69, 9.17) is 26.4 Å². The summed E-state index contributed by atoms with van der Waals surface area (Å²) in [7, 11) is 2.56. The first-order valence-corrected chi connectivity index (χ1v) is 12.2. The summed E-state index contributed by atoms with van der Waals surface area (Å²) in [5, 5.41) is 17.7. The third kappa shape index (κ3) is 19.4. The van der Waals surface area contributed by atoms with E-state index < -0.39 is 42.5 Å². The van der Waals surface area contributed by atoms with Gasteiger partial charge in [0.25, 0.3) is 12.9 Å². The zero-order valence-electron chi connectivity index (χ0n) is 22.5. The van der Waals surface area contributed by atoms with Gasteiger partial charge in [-0.1, -0.05) is 12.8 Å². The second kappa shape index (κ2) is 25.0. The third-order valence-corrected chi connectivity index (χ3v) is 5.27. The Morgan fingerprint density at radius 1 is 0.795 bits per heavy atom. The Balaban J connectivity index is 0. The van der Waals surface area contributed by atoms with Gasteiger partial charge in [-0.05, 0) is 38.8 Å². The number of nitrogens with two attached hydrogens (primary N) is 2. The molecule has 2 unspecified atom stereocenters. The number of esters is 2. The zero-order valence-corrected chi connectivity index (χ0v) is 22.5. The van der Waals surface area contributed by atoms with E-state index >= 15 is 0 Å². The summed E-state index contributed by atoms with van der Waals surface area (Å²) in [5.74, 6) is -3.26. The van der Waals surface area contributed by atoms with E-state index in [1.54, 1.807) is 4.90 Å². The van der Waals surface area contributed by atoms with Gasteiger partial charge in [0.15, 0.2) is 0 Å². The van der Waals surface area contributed by atoms with Crippen molar-refractivity contribution in [3.63, 3.8) is 0 Å². The molecule has 16 heteroatoms. The van der Waals surface area contributed by atoms with Crippen molar-refractivity contribution in [2.24, 2.45) is 11.5 Å². The van der Waals surface area contributed by atoms with Gasteiger partial charge in [-0.3, -0.25) is 33.7 Å². The lowest BCUT2D eigenvalue weighted by Crippen LogP contribution is -2.46. The smallest absolute Gasteiger partial charge is 0.323 e. The minimum absolute atomic E-state index is 0.0743. The number of carboxylic acid groups (broad SMARTS) is 2. The number of carboxylic acids is 2. The molecule has 0 aromatic carbocycles. The molecule has 0 saturated carbocycles. The molecule has 6 N–H and O–H groups in total. The SMILES string of the molecule is COC(=O)CN(CCOC=O)C(CCCCN)C(=O)OC.NCCCCC(C(=O)O)N(COC=O)CC(=O)O. The van der Waals surface area contributed by atoms with Crippen LogP contribution in [0.15, 0.2) is 0 Å². The summed E-state index contributed by atoms with van der Waals surface area (Å²) in [5.41, 5.74) is 10.7. The molecule has 0 aliphatic heterocycles.